The molecule has 0 bridgehead atoms. The lowest BCUT2D eigenvalue weighted by atomic mass is 10.0. The molecule has 2 nitrogen and oxygen atoms in total. The molecule has 0 amide bonds. The van der Waals surface area contributed by atoms with E-state index in [-0.39, 0.29) is 6.04 Å². The number of aromatic nitrogens is 1. The SMILES string of the molecule is Cc1cc(CC(C)N)c2cc(Cl)cc(Cl)c2n1. The summed E-state index contributed by atoms with van der Waals surface area (Å²) in [7, 11) is 0. The van der Waals surface area contributed by atoms with E-state index in [9.17, 15) is 0 Å². The van der Waals surface area contributed by atoms with Crippen molar-refractivity contribution in [2.75, 3.05) is 0 Å². The third kappa shape index (κ3) is 2.71. The molecule has 0 fully saturated rings. The molecule has 17 heavy (non-hydrogen) atoms. The van der Waals surface area contributed by atoms with Crippen LogP contribution in [0.25, 0.3) is 10.9 Å². The summed E-state index contributed by atoms with van der Waals surface area (Å²) in [6, 6.07) is 5.75. The van der Waals surface area contributed by atoms with Crippen molar-refractivity contribution in [1.82, 2.24) is 4.98 Å². The van der Waals surface area contributed by atoms with Crippen LogP contribution in [0.1, 0.15) is 18.2 Å². The first kappa shape index (κ1) is 12.6. The number of nitrogens with two attached hydrogens (primary N) is 1. The summed E-state index contributed by atoms with van der Waals surface area (Å²) in [6.07, 6.45) is 0.788. The van der Waals surface area contributed by atoms with Crippen molar-refractivity contribution in [3.05, 3.63) is 39.5 Å². The monoisotopic (exact) mass is 268 g/mol. The van der Waals surface area contributed by atoms with Crippen molar-refractivity contribution < 1.29 is 0 Å². The largest absolute Gasteiger partial charge is 0.328 e. The average molecular weight is 269 g/mol. The van der Waals surface area contributed by atoms with Gasteiger partial charge in [-0.2, -0.15) is 0 Å². The maximum absolute atomic E-state index is 6.16. The number of halogens is 2. The zero-order valence-electron chi connectivity index (χ0n) is 9.80. The molecule has 0 saturated carbocycles. The molecule has 2 N–H and O–H groups in total. The van der Waals surface area contributed by atoms with E-state index in [0.717, 1.165) is 28.6 Å². The van der Waals surface area contributed by atoms with E-state index in [1.165, 1.54) is 0 Å². The molecule has 0 spiro atoms. The van der Waals surface area contributed by atoms with E-state index in [2.05, 4.69) is 4.98 Å². The fourth-order valence-corrected chi connectivity index (χ4v) is 2.51. The Morgan fingerprint density at radius 2 is 2.00 bits per heavy atom. The molecule has 2 rings (SSSR count). The molecule has 1 unspecified atom stereocenters. The van der Waals surface area contributed by atoms with Crippen molar-refractivity contribution >= 4 is 34.1 Å². The lowest BCUT2D eigenvalue weighted by Gasteiger charge is -2.11. The minimum atomic E-state index is 0.0951. The number of hydrogen-bond acceptors (Lipinski definition) is 2. The number of rotatable bonds is 2. The van der Waals surface area contributed by atoms with Crippen molar-refractivity contribution in [3.8, 4) is 0 Å². The Balaban J connectivity index is 2.73. The molecule has 1 aromatic heterocycles. The lowest BCUT2D eigenvalue weighted by molar-refractivity contribution is 0.740. The number of hydrogen-bond donors (Lipinski definition) is 1. The summed E-state index contributed by atoms with van der Waals surface area (Å²) in [5, 5.41) is 2.20. The van der Waals surface area contributed by atoms with E-state index >= 15 is 0 Å². The molecule has 0 saturated heterocycles. The molecule has 1 heterocycles. The predicted octanol–water partition coefficient (Wildman–Crippen LogP) is 3.74. The van der Waals surface area contributed by atoms with Crippen LogP contribution in [0.2, 0.25) is 10.0 Å². The highest BCUT2D eigenvalue weighted by molar-refractivity contribution is 6.38. The summed E-state index contributed by atoms with van der Waals surface area (Å²) < 4.78 is 0. The van der Waals surface area contributed by atoms with Gasteiger partial charge in [0.15, 0.2) is 0 Å². The Hall–Kier alpha value is -0.830. The Kier molecular flexibility index (Phi) is 3.57. The summed E-state index contributed by atoms with van der Waals surface area (Å²) in [6.45, 7) is 3.93. The van der Waals surface area contributed by atoms with Gasteiger partial charge in [-0.05, 0) is 44.0 Å². The van der Waals surface area contributed by atoms with Crippen molar-refractivity contribution in [1.29, 1.82) is 0 Å². The standard InChI is InChI=1S/C13H14Cl2N2/c1-7(16)3-9-4-8(2)17-13-11(9)5-10(14)6-12(13)15/h4-7H,3,16H2,1-2H3. The van der Waals surface area contributed by atoms with E-state index in [4.69, 9.17) is 28.9 Å². The van der Waals surface area contributed by atoms with Crippen LogP contribution in [0.4, 0.5) is 0 Å². The van der Waals surface area contributed by atoms with Gasteiger partial charge in [-0.25, -0.2) is 0 Å². The summed E-state index contributed by atoms with van der Waals surface area (Å²) in [5.74, 6) is 0. The molecule has 1 aromatic carbocycles. The second kappa shape index (κ2) is 4.81. The van der Waals surface area contributed by atoms with Crippen molar-refractivity contribution in [2.24, 2.45) is 5.73 Å². The van der Waals surface area contributed by atoms with Crippen LogP contribution in [0, 0.1) is 6.92 Å². The zero-order valence-corrected chi connectivity index (χ0v) is 11.3. The molecular formula is C13H14Cl2N2. The van der Waals surface area contributed by atoms with Crippen LogP contribution in [0.5, 0.6) is 0 Å². The quantitative estimate of drug-likeness (QED) is 0.901. The number of fused-ring (bicyclic) bond motifs is 1. The fraction of sp³-hybridized carbons (Fsp3) is 0.308. The van der Waals surface area contributed by atoms with Gasteiger partial charge in [0.1, 0.15) is 0 Å². The minimum Gasteiger partial charge on any atom is -0.328 e. The molecule has 0 radical (unpaired) electrons. The summed E-state index contributed by atoms with van der Waals surface area (Å²) in [4.78, 5) is 4.45. The van der Waals surface area contributed by atoms with Gasteiger partial charge in [0.05, 0.1) is 10.5 Å². The normalized spacial score (nSPS) is 13.0. The van der Waals surface area contributed by atoms with Gasteiger partial charge in [0.2, 0.25) is 0 Å². The first-order valence-corrected chi connectivity index (χ1v) is 6.24. The van der Waals surface area contributed by atoms with Crippen LogP contribution in [-0.2, 0) is 6.42 Å². The smallest absolute Gasteiger partial charge is 0.0895 e. The Morgan fingerprint density at radius 3 is 2.65 bits per heavy atom. The highest BCUT2D eigenvalue weighted by atomic mass is 35.5. The first-order valence-electron chi connectivity index (χ1n) is 5.48. The van der Waals surface area contributed by atoms with Gasteiger partial charge in [-0.1, -0.05) is 23.2 Å². The van der Waals surface area contributed by atoms with E-state index < -0.39 is 0 Å². The van der Waals surface area contributed by atoms with Crippen molar-refractivity contribution in [2.45, 2.75) is 26.3 Å². The number of aryl methyl sites for hydroxylation is 1. The van der Waals surface area contributed by atoms with Crippen LogP contribution < -0.4 is 5.73 Å². The molecule has 90 valence electrons. The maximum Gasteiger partial charge on any atom is 0.0895 e. The fourth-order valence-electron chi connectivity index (χ4n) is 1.98. The average Bonchev–Trinajstić information content (AvgIpc) is 2.19. The van der Waals surface area contributed by atoms with Crippen LogP contribution in [-0.4, -0.2) is 11.0 Å². The molecule has 0 aliphatic carbocycles. The second-order valence-corrected chi connectivity index (χ2v) is 5.23. The van der Waals surface area contributed by atoms with Crippen LogP contribution in [0.15, 0.2) is 18.2 Å². The molecule has 1 atom stereocenters. The number of benzene rings is 1. The summed E-state index contributed by atoms with van der Waals surface area (Å²) in [5.41, 5.74) is 8.74. The van der Waals surface area contributed by atoms with Crippen LogP contribution >= 0.6 is 23.2 Å². The first-order chi connectivity index (χ1) is 7.97. The van der Waals surface area contributed by atoms with Gasteiger partial charge in [0, 0.05) is 22.1 Å². The highest BCUT2D eigenvalue weighted by Crippen LogP contribution is 2.29. The topological polar surface area (TPSA) is 38.9 Å². The van der Waals surface area contributed by atoms with Crippen molar-refractivity contribution in [3.63, 3.8) is 0 Å². The third-order valence-corrected chi connectivity index (χ3v) is 3.09. The molecule has 0 aliphatic heterocycles. The predicted molar refractivity (Wildman–Crippen MR) is 73.9 cm³/mol. The Morgan fingerprint density at radius 1 is 1.29 bits per heavy atom. The Labute approximate surface area is 111 Å². The Bertz CT molecular complexity index is 565. The van der Waals surface area contributed by atoms with E-state index in [1.54, 1.807) is 6.07 Å². The molecule has 0 aliphatic rings. The maximum atomic E-state index is 6.16. The number of nitrogens with zero attached hydrogens (tertiary/aromatic N) is 1. The van der Waals surface area contributed by atoms with Gasteiger partial charge < -0.3 is 5.73 Å². The number of pyridine rings is 1. The van der Waals surface area contributed by atoms with Gasteiger partial charge >= 0.3 is 0 Å². The van der Waals surface area contributed by atoms with E-state index in [0.29, 0.717) is 10.0 Å². The molecule has 4 heteroatoms. The molecular weight excluding hydrogens is 255 g/mol. The van der Waals surface area contributed by atoms with Gasteiger partial charge in [0.25, 0.3) is 0 Å². The summed E-state index contributed by atoms with van der Waals surface area (Å²) >= 11 is 12.2. The second-order valence-electron chi connectivity index (χ2n) is 4.39. The van der Waals surface area contributed by atoms with Gasteiger partial charge in [-0.3, -0.25) is 4.98 Å². The minimum absolute atomic E-state index is 0.0951. The lowest BCUT2D eigenvalue weighted by Crippen LogP contribution is -2.18. The highest BCUT2D eigenvalue weighted by Gasteiger charge is 2.10. The van der Waals surface area contributed by atoms with E-state index in [1.807, 2.05) is 26.0 Å². The van der Waals surface area contributed by atoms with Crippen LogP contribution in [0.3, 0.4) is 0 Å². The van der Waals surface area contributed by atoms with Gasteiger partial charge in [-0.15, -0.1) is 0 Å². The molecule has 2 aromatic rings. The zero-order chi connectivity index (χ0) is 12.6. The third-order valence-electron chi connectivity index (χ3n) is 2.59.